The fraction of sp³-hybridized carbons (Fsp3) is 0.318. The summed E-state index contributed by atoms with van der Waals surface area (Å²) in [6.45, 7) is 5.71. The van der Waals surface area contributed by atoms with Crippen molar-refractivity contribution in [1.29, 1.82) is 0 Å². The molecule has 0 spiro atoms. The highest BCUT2D eigenvalue weighted by atomic mass is 32.2. The zero-order valence-corrected chi connectivity index (χ0v) is 18.8. The van der Waals surface area contributed by atoms with Crippen molar-refractivity contribution in [3.05, 3.63) is 65.2 Å². The largest absolute Gasteiger partial charge is 0.534 e. The number of alkyl halides is 3. The Balaban J connectivity index is 1.90. The molecule has 176 valence electrons. The molecule has 2 aromatic rings. The molecule has 1 aliphatic rings. The third-order valence-electron chi connectivity index (χ3n) is 4.94. The minimum atomic E-state index is -5.82. The summed E-state index contributed by atoms with van der Waals surface area (Å²) in [5.74, 6) is -0.871. The van der Waals surface area contributed by atoms with Gasteiger partial charge in [-0.15, -0.1) is 0 Å². The van der Waals surface area contributed by atoms with E-state index in [0.717, 1.165) is 0 Å². The van der Waals surface area contributed by atoms with Crippen LogP contribution in [0.15, 0.2) is 58.8 Å². The maximum atomic E-state index is 12.8. The number of hydrogen-bond donors (Lipinski definition) is 0. The maximum absolute atomic E-state index is 12.8. The topological polar surface area (TPSA) is 94.4 Å². The van der Waals surface area contributed by atoms with Crippen molar-refractivity contribution >= 4 is 33.2 Å². The van der Waals surface area contributed by atoms with Gasteiger partial charge in [0.05, 0.1) is 23.5 Å². The van der Waals surface area contributed by atoms with E-state index < -0.39 is 32.8 Å². The van der Waals surface area contributed by atoms with Gasteiger partial charge in [0.2, 0.25) is 0 Å². The predicted molar refractivity (Wildman–Crippen MR) is 115 cm³/mol. The molecule has 0 fully saturated rings. The average molecular weight is 482 g/mol. The molecule has 3 rings (SSSR count). The number of halogens is 3. The Kier molecular flexibility index (Phi) is 6.64. The molecule has 0 atom stereocenters. The first-order valence-corrected chi connectivity index (χ1v) is 11.3. The van der Waals surface area contributed by atoms with Crippen LogP contribution in [0.3, 0.4) is 0 Å². The minimum absolute atomic E-state index is 0.188. The zero-order valence-electron chi connectivity index (χ0n) is 18.0. The van der Waals surface area contributed by atoms with Crippen LogP contribution in [-0.2, 0) is 24.5 Å². The Morgan fingerprint density at radius 1 is 1.06 bits per heavy atom. The minimum Gasteiger partial charge on any atom is -0.462 e. The average Bonchev–Trinajstić information content (AvgIpc) is 2.74. The van der Waals surface area contributed by atoms with Gasteiger partial charge in [0, 0.05) is 5.56 Å². The van der Waals surface area contributed by atoms with Crippen LogP contribution in [0.4, 0.5) is 24.5 Å². The van der Waals surface area contributed by atoms with Crippen LogP contribution in [-0.4, -0.2) is 26.5 Å². The van der Waals surface area contributed by atoms with Gasteiger partial charge in [0.15, 0.2) is 0 Å². The van der Waals surface area contributed by atoms with E-state index in [4.69, 9.17) is 4.74 Å². The van der Waals surface area contributed by atoms with Gasteiger partial charge in [-0.2, -0.15) is 31.8 Å². The number of ether oxygens (including phenoxy) is 1. The molecule has 11 heteroatoms. The lowest BCUT2D eigenvalue weighted by atomic mass is 9.75. The van der Waals surface area contributed by atoms with Crippen LogP contribution < -0.4 is 0 Å². The fourth-order valence-corrected chi connectivity index (χ4v) is 3.68. The molecule has 0 radical (unpaired) electrons. The number of allylic oxidation sites excluding steroid dienone is 1. The van der Waals surface area contributed by atoms with Crippen LogP contribution in [0.1, 0.15) is 48.7 Å². The molecule has 0 aliphatic heterocycles. The maximum Gasteiger partial charge on any atom is 0.534 e. The van der Waals surface area contributed by atoms with Gasteiger partial charge >= 0.3 is 21.6 Å². The summed E-state index contributed by atoms with van der Waals surface area (Å²) >= 11 is 0. The molecule has 0 saturated carbocycles. The Hall–Kier alpha value is -3.21. The predicted octanol–water partition coefficient (Wildman–Crippen LogP) is 6.17. The lowest BCUT2D eigenvalue weighted by Gasteiger charge is -2.31. The smallest absolute Gasteiger partial charge is 0.462 e. The van der Waals surface area contributed by atoms with Gasteiger partial charge in [-0.25, -0.2) is 4.79 Å². The molecule has 33 heavy (non-hydrogen) atoms. The van der Waals surface area contributed by atoms with Gasteiger partial charge in [-0.05, 0) is 66.8 Å². The van der Waals surface area contributed by atoms with Crippen LogP contribution >= 0.6 is 0 Å². The number of azo groups is 1. The Morgan fingerprint density at radius 3 is 2.27 bits per heavy atom. The first kappa shape index (κ1) is 24.4. The van der Waals surface area contributed by atoms with Gasteiger partial charge < -0.3 is 8.92 Å². The van der Waals surface area contributed by atoms with E-state index in [0.29, 0.717) is 16.8 Å². The van der Waals surface area contributed by atoms with Crippen molar-refractivity contribution in [1.82, 2.24) is 0 Å². The summed E-state index contributed by atoms with van der Waals surface area (Å²) in [5, 5.41) is 8.14. The van der Waals surface area contributed by atoms with Crippen molar-refractivity contribution < 1.29 is 35.3 Å². The third kappa shape index (κ3) is 5.41. The molecule has 0 amide bonds. The molecule has 0 unspecified atom stereocenters. The molecule has 7 nitrogen and oxygen atoms in total. The van der Waals surface area contributed by atoms with E-state index in [-0.39, 0.29) is 24.3 Å². The second-order valence-electron chi connectivity index (χ2n) is 7.84. The highest BCUT2D eigenvalue weighted by molar-refractivity contribution is 7.87. The standard InChI is InChI=1S/C22H21F3N2O5S/c1-4-31-20(28)14-5-7-15(8-6-14)26-27-16-9-10-18-17(13-16)19(11-12-21(18,2)3)32-33(29,30)22(23,24)25/h5-11,13H,4,12H2,1-3H3/b27-26+. The summed E-state index contributed by atoms with van der Waals surface area (Å²) in [6, 6.07) is 10.9. The van der Waals surface area contributed by atoms with E-state index in [9.17, 15) is 26.4 Å². The van der Waals surface area contributed by atoms with E-state index >= 15 is 0 Å². The molecule has 0 heterocycles. The molecule has 1 aliphatic carbocycles. The van der Waals surface area contributed by atoms with Crippen molar-refractivity contribution in [2.45, 2.75) is 38.1 Å². The summed E-state index contributed by atoms with van der Waals surface area (Å²) in [4.78, 5) is 11.7. The molecule has 2 aromatic carbocycles. The molecule has 0 bridgehead atoms. The van der Waals surface area contributed by atoms with E-state index in [1.54, 1.807) is 31.2 Å². The number of fused-ring (bicyclic) bond motifs is 1. The number of rotatable bonds is 6. The summed E-state index contributed by atoms with van der Waals surface area (Å²) in [7, 11) is -5.82. The van der Waals surface area contributed by atoms with Crippen molar-refractivity contribution in [2.24, 2.45) is 10.2 Å². The van der Waals surface area contributed by atoms with E-state index in [1.807, 2.05) is 13.8 Å². The molecule has 0 N–H and O–H groups in total. The quantitative estimate of drug-likeness (QED) is 0.212. The number of esters is 1. The molecular weight excluding hydrogens is 461 g/mol. The van der Waals surface area contributed by atoms with Crippen LogP contribution in [0.25, 0.3) is 5.76 Å². The molecule has 0 aromatic heterocycles. The fourth-order valence-electron chi connectivity index (χ4n) is 3.19. The van der Waals surface area contributed by atoms with Crippen LogP contribution in [0.5, 0.6) is 0 Å². The normalized spacial score (nSPS) is 15.6. The SMILES string of the molecule is CCOC(=O)c1ccc(/N=N/c2ccc3c(c2)C(OS(=O)(=O)C(F)(F)F)=CCC3(C)C)cc1. The van der Waals surface area contributed by atoms with Crippen LogP contribution in [0, 0.1) is 0 Å². The molecule has 0 saturated heterocycles. The third-order valence-corrected chi connectivity index (χ3v) is 5.90. The first-order chi connectivity index (χ1) is 15.3. The van der Waals surface area contributed by atoms with Gasteiger partial charge in [0.1, 0.15) is 5.76 Å². The number of benzene rings is 2. The van der Waals surface area contributed by atoms with Gasteiger partial charge in [-0.3, -0.25) is 0 Å². The lowest BCUT2D eigenvalue weighted by Crippen LogP contribution is -2.27. The highest BCUT2D eigenvalue weighted by Crippen LogP contribution is 2.42. The highest BCUT2D eigenvalue weighted by Gasteiger charge is 2.49. The van der Waals surface area contributed by atoms with Gasteiger partial charge in [-0.1, -0.05) is 19.9 Å². The Morgan fingerprint density at radius 2 is 1.67 bits per heavy atom. The summed E-state index contributed by atoms with van der Waals surface area (Å²) < 4.78 is 70.9. The number of hydrogen-bond acceptors (Lipinski definition) is 7. The van der Waals surface area contributed by atoms with E-state index in [2.05, 4.69) is 14.4 Å². The van der Waals surface area contributed by atoms with Crippen LogP contribution in [0.2, 0.25) is 0 Å². The number of carbonyl (C=O) groups excluding carboxylic acids is 1. The monoisotopic (exact) mass is 482 g/mol. The van der Waals surface area contributed by atoms with Crippen molar-refractivity contribution in [3.8, 4) is 0 Å². The number of nitrogens with zero attached hydrogens (tertiary/aromatic N) is 2. The summed E-state index contributed by atoms with van der Waals surface area (Å²) in [5.41, 5.74) is -4.14. The second kappa shape index (κ2) is 8.97. The Bertz CT molecular complexity index is 1220. The summed E-state index contributed by atoms with van der Waals surface area (Å²) in [6.07, 6.45) is 1.61. The van der Waals surface area contributed by atoms with Crippen molar-refractivity contribution in [3.63, 3.8) is 0 Å². The Labute approximate surface area is 189 Å². The van der Waals surface area contributed by atoms with Gasteiger partial charge in [0.25, 0.3) is 0 Å². The second-order valence-corrected chi connectivity index (χ2v) is 9.37. The zero-order chi connectivity index (χ0) is 24.4. The molecular formula is C22H21F3N2O5S. The lowest BCUT2D eigenvalue weighted by molar-refractivity contribution is -0.0509. The van der Waals surface area contributed by atoms with Crippen molar-refractivity contribution in [2.75, 3.05) is 6.61 Å². The van der Waals surface area contributed by atoms with E-state index in [1.165, 1.54) is 24.3 Å². The number of carbonyl (C=O) groups is 1. The first-order valence-electron chi connectivity index (χ1n) is 9.89.